The summed E-state index contributed by atoms with van der Waals surface area (Å²) >= 11 is 0. The molecule has 1 amide bonds. The van der Waals surface area contributed by atoms with E-state index in [9.17, 15) is 4.79 Å². The van der Waals surface area contributed by atoms with E-state index in [0.29, 0.717) is 6.04 Å². The molecule has 1 aromatic carbocycles. The maximum atomic E-state index is 11.8. The lowest BCUT2D eigenvalue weighted by molar-refractivity contribution is 0.0827. The van der Waals surface area contributed by atoms with Gasteiger partial charge in [-0.25, -0.2) is 0 Å². The highest BCUT2D eigenvalue weighted by Gasteiger charge is 2.17. The Labute approximate surface area is 96.5 Å². The number of rotatable bonds is 3. The van der Waals surface area contributed by atoms with Gasteiger partial charge in [-0.05, 0) is 37.5 Å². The summed E-state index contributed by atoms with van der Waals surface area (Å²) in [5.74, 6) is 0.0530. The second-order valence-corrected chi connectivity index (χ2v) is 4.55. The number of carbonyl (C=O) groups is 1. The maximum Gasteiger partial charge on any atom is 0.253 e. The average Bonchev–Trinajstić information content (AvgIpc) is 2.23. The van der Waals surface area contributed by atoms with Crippen LogP contribution in [0.3, 0.4) is 0 Å². The second-order valence-electron chi connectivity index (χ2n) is 4.55. The Morgan fingerprint density at radius 3 is 2.69 bits per heavy atom. The standard InChI is InChI=1S/C13H18N2O/c1-15(2)13(16)10-5-3-8-12(9-10)14-11-6-4-7-11/h3,5,8-9,11,14H,4,6-7H2,1-2H3. The summed E-state index contributed by atoms with van der Waals surface area (Å²) in [7, 11) is 3.54. The van der Waals surface area contributed by atoms with Crippen molar-refractivity contribution in [1.82, 2.24) is 4.90 Å². The van der Waals surface area contributed by atoms with Gasteiger partial charge in [0.15, 0.2) is 0 Å². The summed E-state index contributed by atoms with van der Waals surface area (Å²) in [5, 5.41) is 3.44. The number of hydrogen-bond acceptors (Lipinski definition) is 2. The summed E-state index contributed by atoms with van der Waals surface area (Å²) in [4.78, 5) is 13.4. The van der Waals surface area contributed by atoms with Crippen LogP contribution >= 0.6 is 0 Å². The van der Waals surface area contributed by atoms with Crippen LogP contribution in [0.15, 0.2) is 24.3 Å². The SMILES string of the molecule is CN(C)C(=O)c1cccc(NC2CCC2)c1. The van der Waals surface area contributed by atoms with E-state index in [4.69, 9.17) is 0 Å². The van der Waals surface area contributed by atoms with E-state index in [1.807, 2.05) is 24.3 Å². The molecule has 0 saturated heterocycles. The van der Waals surface area contributed by atoms with Gasteiger partial charge in [0.1, 0.15) is 0 Å². The minimum atomic E-state index is 0.0530. The molecule has 2 rings (SSSR count). The third-order valence-electron chi connectivity index (χ3n) is 2.99. The predicted octanol–water partition coefficient (Wildman–Crippen LogP) is 2.35. The van der Waals surface area contributed by atoms with Gasteiger partial charge in [-0.15, -0.1) is 0 Å². The summed E-state index contributed by atoms with van der Waals surface area (Å²) in [6.45, 7) is 0. The van der Waals surface area contributed by atoms with Gasteiger partial charge >= 0.3 is 0 Å². The first kappa shape index (κ1) is 11.0. The zero-order valence-electron chi connectivity index (χ0n) is 9.86. The number of benzene rings is 1. The molecule has 0 radical (unpaired) electrons. The number of anilines is 1. The predicted molar refractivity (Wildman–Crippen MR) is 65.7 cm³/mol. The van der Waals surface area contributed by atoms with Crippen LogP contribution in [0.25, 0.3) is 0 Å². The number of amides is 1. The lowest BCUT2D eigenvalue weighted by atomic mass is 9.93. The maximum absolute atomic E-state index is 11.8. The van der Waals surface area contributed by atoms with Crippen molar-refractivity contribution >= 4 is 11.6 Å². The van der Waals surface area contributed by atoms with Crippen molar-refractivity contribution < 1.29 is 4.79 Å². The molecule has 0 spiro atoms. The lowest BCUT2D eigenvalue weighted by Gasteiger charge is -2.27. The van der Waals surface area contributed by atoms with Gasteiger partial charge in [-0.1, -0.05) is 6.07 Å². The lowest BCUT2D eigenvalue weighted by Crippen LogP contribution is -2.27. The van der Waals surface area contributed by atoms with Crippen LogP contribution in [0.2, 0.25) is 0 Å². The quantitative estimate of drug-likeness (QED) is 0.844. The molecule has 0 aromatic heterocycles. The van der Waals surface area contributed by atoms with E-state index in [0.717, 1.165) is 11.3 Å². The normalized spacial score (nSPS) is 15.4. The summed E-state index contributed by atoms with van der Waals surface area (Å²) < 4.78 is 0. The van der Waals surface area contributed by atoms with Crippen LogP contribution in [-0.2, 0) is 0 Å². The molecule has 1 fully saturated rings. The van der Waals surface area contributed by atoms with E-state index in [-0.39, 0.29) is 5.91 Å². The fourth-order valence-corrected chi connectivity index (χ4v) is 1.79. The van der Waals surface area contributed by atoms with Gasteiger partial charge in [0.05, 0.1) is 0 Å². The van der Waals surface area contributed by atoms with Crippen LogP contribution in [0, 0.1) is 0 Å². The molecule has 0 heterocycles. The van der Waals surface area contributed by atoms with Crippen molar-refractivity contribution in [1.29, 1.82) is 0 Å². The number of carbonyl (C=O) groups excluding carboxylic acids is 1. The van der Waals surface area contributed by atoms with Gasteiger partial charge in [0.25, 0.3) is 5.91 Å². The second kappa shape index (κ2) is 4.56. The minimum absolute atomic E-state index is 0.0530. The average molecular weight is 218 g/mol. The largest absolute Gasteiger partial charge is 0.382 e. The van der Waals surface area contributed by atoms with Gasteiger partial charge in [-0.2, -0.15) is 0 Å². The Balaban J connectivity index is 2.09. The van der Waals surface area contributed by atoms with Crippen LogP contribution in [-0.4, -0.2) is 30.9 Å². The van der Waals surface area contributed by atoms with Crippen molar-refractivity contribution in [2.75, 3.05) is 19.4 Å². The topological polar surface area (TPSA) is 32.3 Å². The molecule has 3 nitrogen and oxygen atoms in total. The van der Waals surface area contributed by atoms with Gasteiger partial charge < -0.3 is 10.2 Å². The van der Waals surface area contributed by atoms with Gasteiger partial charge in [0.2, 0.25) is 0 Å². The third kappa shape index (κ3) is 2.35. The molecule has 1 N–H and O–H groups in total. The Bertz CT molecular complexity index is 383. The first-order chi connectivity index (χ1) is 7.66. The highest BCUT2D eigenvalue weighted by molar-refractivity contribution is 5.94. The zero-order valence-corrected chi connectivity index (χ0v) is 9.86. The number of hydrogen-bond donors (Lipinski definition) is 1. The van der Waals surface area contributed by atoms with E-state index in [1.54, 1.807) is 19.0 Å². The highest BCUT2D eigenvalue weighted by atomic mass is 16.2. The van der Waals surface area contributed by atoms with Gasteiger partial charge in [-0.3, -0.25) is 4.79 Å². The number of nitrogens with zero attached hydrogens (tertiary/aromatic N) is 1. The Morgan fingerprint density at radius 2 is 2.12 bits per heavy atom. The molecule has 0 atom stereocenters. The minimum Gasteiger partial charge on any atom is -0.382 e. The van der Waals surface area contributed by atoms with Crippen LogP contribution in [0.5, 0.6) is 0 Å². The summed E-state index contributed by atoms with van der Waals surface area (Å²) in [6.07, 6.45) is 3.80. The summed E-state index contributed by atoms with van der Waals surface area (Å²) in [6, 6.07) is 8.34. The molecule has 0 bridgehead atoms. The Hall–Kier alpha value is -1.51. The van der Waals surface area contributed by atoms with E-state index < -0.39 is 0 Å². The fourth-order valence-electron chi connectivity index (χ4n) is 1.79. The van der Waals surface area contributed by atoms with Crippen LogP contribution < -0.4 is 5.32 Å². The van der Waals surface area contributed by atoms with Crippen molar-refractivity contribution in [3.05, 3.63) is 29.8 Å². The number of nitrogens with one attached hydrogen (secondary N) is 1. The molecule has 86 valence electrons. The first-order valence-electron chi connectivity index (χ1n) is 5.75. The molecular weight excluding hydrogens is 200 g/mol. The summed E-state index contributed by atoms with van der Waals surface area (Å²) in [5.41, 5.74) is 1.80. The third-order valence-corrected chi connectivity index (χ3v) is 2.99. The zero-order chi connectivity index (χ0) is 11.5. The van der Waals surface area contributed by atoms with E-state index in [1.165, 1.54) is 19.3 Å². The molecule has 1 saturated carbocycles. The van der Waals surface area contributed by atoms with Crippen molar-refractivity contribution in [2.24, 2.45) is 0 Å². The fraction of sp³-hybridized carbons (Fsp3) is 0.462. The molecular formula is C13H18N2O. The molecule has 0 aliphatic heterocycles. The monoisotopic (exact) mass is 218 g/mol. The molecule has 3 heteroatoms. The van der Waals surface area contributed by atoms with Crippen molar-refractivity contribution in [3.63, 3.8) is 0 Å². The van der Waals surface area contributed by atoms with E-state index in [2.05, 4.69) is 5.32 Å². The Morgan fingerprint density at radius 1 is 1.38 bits per heavy atom. The van der Waals surface area contributed by atoms with Crippen molar-refractivity contribution in [3.8, 4) is 0 Å². The molecule has 1 aliphatic rings. The smallest absolute Gasteiger partial charge is 0.253 e. The van der Waals surface area contributed by atoms with Crippen LogP contribution in [0.1, 0.15) is 29.6 Å². The molecule has 1 aromatic rings. The Kier molecular flexibility index (Phi) is 3.13. The van der Waals surface area contributed by atoms with Crippen molar-refractivity contribution in [2.45, 2.75) is 25.3 Å². The molecule has 16 heavy (non-hydrogen) atoms. The first-order valence-corrected chi connectivity index (χ1v) is 5.75. The molecule has 1 aliphatic carbocycles. The highest BCUT2D eigenvalue weighted by Crippen LogP contribution is 2.23. The molecule has 0 unspecified atom stereocenters. The van der Waals surface area contributed by atoms with E-state index >= 15 is 0 Å². The van der Waals surface area contributed by atoms with Gasteiger partial charge in [0, 0.05) is 31.4 Å². The van der Waals surface area contributed by atoms with Crippen LogP contribution in [0.4, 0.5) is 5.69 Å².